The molecule has 4 aromatic carbocycles. The van der Waals surface area contributed by atoms with Crippen LogP contribution < -0.4 is 10.6 Å². The van der Waals surface area contributed by atoms with Gasteiger partial charge < -0.3 is 48.5 Å². The number of carbonyl (C=O) groups excluding carboxylic acids is 4. The van der Waals surface area contributed by atoms with Crippen LogP contribution in [-0.4, -0.2) is 97.5 Å². The van der Waals surface area contributed by atoms with Crippen LogP contribution in [-0.2, 0) is 63.7 Å². The van der Waals surface area contributed by atoms with Gasteiger partial charge in [0.05, 0.1) is 13.2 Å². The Labute approximate surface area is 359 Å². The monoisotopic (exact) mass is 856 g/mol. The van der Waals surface area contributed by atoms with Crippen molar-refractivity contribution in [2.75, 3.05) is 23.8 Å². The van der Waals surface area contributed by atoms with Gasteiger partial charge in [0.15, 0.2) is 24.6 Å². The molecule has 0 radical (unpaired) electrons. The smallest absolute Gasteiger partial charge is 0.303 e. The summed E-state index contributed by atoms with van der Waals surface area (Å²) in [6.45, 7) is 6.67. The predicted octanol–water partition coefficient (Wildman–Crippen LogP) is 6.46. The van der Waals surface area contributed by atoms with Gasteiger partial charge in [0.25, 0.3) is 0 Å². The van der Waals surface area contributed by atoms with Crippen LogP contribution in [0.3, 0.4) is 0 Å². The van der Waals surface area contributed by atoms with E-state index in [1.54, 1.807) is 0 Å². The third-order valence-corrected chi connectivity index (χ3v) is 11.0. The number of thioether (sulfide) groups is 1. The molecule has 0 saturated carbocycles. The molecule has 324 valence electrons. The fourth-order valence-electron chi connectivity index (χ4n) is 7.18. The zero-order chi connectivity index (χ0) is 43.3. The molecule has 2 saturated heterocycles. The molecule has 6 rings (SSSR count). The second kappa shape index (κ2) is 21.9. The molecule has 2 N–H and O–H groups in total. The lowest BCUT2D eigenvalue weighted by atomic mass is 9.95. The van der Waals surface area contributed by atoms with Crippen molar-refractivity contribution in [3.63, 3.8) is 0 Å². The number of nitrogens with one attached hydrogen (secondary N) is 2. The highest BCUT2D eigenvalue weighted by Crippen LogP contribution is 2.39. The normalized spacial score (nSPS) is 26.0. The topological polar surface area (TPSA) is 166 Å². The summed E-state index contributed by atoms with van der Waals surface area (Å²) < 4.78 is 50.0. The van der Waals surface area contributed by atoms with E-state index < -0.39 is 84.3 Å². The van der Waals surface area contributed by atoms with Crippen LogP contribution in [0.5, 0.6) is 0 Å². The molecule has 2 aliphatic heterocycles. The van der Waals surface area contributed by atoms with Gasteiger partial charge >= 0.3 is 23.9 Å². The van der Waals surface area contributed by atoms with Crippen LogP contribution in [0.4, 0.5) is 11.4 Å². The zero-order valence-electron chi connectivity index (χ0n) is 34.7. The van der Waals surface area contributed by atoms with Crippen molar-refractivity contribution >= 4 is 47.0 Å². The number of benzene rings is 4. The van der Waals surface area contributed by atoms with Crippen molar-refractivity contribution in [1.29, 1.82) is 0 Å². The van der Waals surface area contributed by atoms with E-state index in [0.29, 0.717) is 5.69 Å². The lowest BCUT2D eigenvalue weighted by Crippen LogP contribution is -2.65. The molecule has 0 amide bonds. The minimum absolute atomic E-state index is 0.151. The Hall–Kier alpha value is -5.45. The summed E-state index contributed by atoms with van der Waals surface area (Å²) in [7, 11) is 0. The third-order valence-electron chi connectivity index (χ3n) is 9.85. The highest BCUT2D eigenvalue weighted by Gasteiger charge is 2.53. The number of aryl methyl sites for hydroxylation is 1. The first-order valence-electron chi connectivity index (χ1n) is 20.0. The minimum atomic E-state index is -1.23. The number of para-hydroxylation sites is 2. The van der Waals surface area contributed by atoms with Crippen molar-refractivity contribution in [3.8, 4) is 0 Å². The van der Waals surface area contributed by atoms with Crippen LogP contribution in [0.2, 0.25) is 0 Å². The molecule has 2 aliphatic rings. The Morgan fingerprint density at radius 2 is 1.07 bits per heavy atom. The summed E-state index contributed by atoms with van der Waals surface area (Å²) in [5, 5.41) is 6.92. The maximum Gasteiger partial charge on any atom is 0.303 e. The van der Waals surface area contributed by atoms with Crippen molar-refractivity contribution in [3.05, 3.63) is 126 Å². The number of carbonyl (C=O) groups is 4. The molecule has 0 spiro atoms. The first kappa shape index (κ1) is 45.1. The number of anilines is 2. The number of hydrogen-bond acceptors (Lipinski definition) is 15. The molecule has 2 heterocycles. The van der Waals surface area contributed by atoms with Gasteiger partial charge in [-0.15, -0.1) is 0 Å². The third kappa shape index (κ3) is 13.0. The Morgan fingerprint density at radius 1 is 0.557 bits per heavy atom. The van der Waals surface area contributed by atoms with E-state index in [1.165, 1.54) is 39.5 Å². The van der Waals surface area contributed by atoms with Gasteiger partial charge in [-0.05, 0) is 48.9 Å². The average Bonchev–Trinajstić information content (AvgIpc) is 3.23. The zero-order valence-corrected chi connectivity index (χ0v) is 35.5. The van der Waals surface area contributed by atoms with Crippen molar-refractivity contribution < 1.29 is 57.1 Å². The Kier molecular flexibility index (Phi) is 16.2. The van der Waals surface area contributed by atoms with Crippen LogP contribution in [0.15, 0.2) is 120 Å². The number of esters is 4. The second-order valence-electron chi connectivity index (χ2n) is 14.7. The number of ether oxygens (including phenoxy) is 8. The van der Waals surface area contributed by atoms with Gasteiger partial charge in [0.1, 0.15) is 42.4 Å². The molecule has 0 aromatic heterocycles. The maximum absolute atomic E-state index is 13.0. The Balaban J connectivity index is 1.39. The number of hydrogen-bond donors (Lipinski definition) is 2. The molecule has 2 fully saturated rings. The molecule has 0 aliphatic carbocycles. The standard InChI is InChI=1S/C46H52N2O12S/c1-28-21-23-36(24-22-28)61-46-40(48-35-19-13-8-14-20-35)44(58-32(5)52)41(54-25-33-15-9-6-10-16-33)37(60-46)27-55-45-39(47-34-17-11-7-12-18-34)43(57-31(4)51)42(56-30(3)50)38(59-45)26-53-29(2)49/h6-24,37-48H,25-27H2,1-5H3. The summed E-state index contributed by atoms with van der Waals surface area (Å²) in [5.74, 6) is -2.44. The van der Waals surface area contributed by atoms with E-state index in [-0.39, 0.29) is 19.8 Å². The molecule has 61 heavy (non-hydrogen) atoms. The SMILES string of the molecule is CC(=O)OCC1OC(OCC2OC(Sc3ccc(C)cc3)C(Nc3ccccc3)C(OC(C)=O)C2OCc2ccccc2)C(Nc2ccccc2)C(OC(C)=O)C1OC(C)=O. The van der Waals surface area contributed by atoms with Crippen molar-refractivity contribution in [2.24, 2.45) is 0 Å². The molecule has 4 aromatic rings. The highest BCUT2D eigenvalue weighted by molar-refractivity contribution is 7.99. The first-order valence-corrected chi connectivity index (χ1v) is 20.9. The molecular weight excluding hydrogens is 805 g/mol. The second-order valence-corrected chi connectivity index (χ2v) is 15.9. The van der Waals surface area contributed by atoms with Gasteiger partial charge in [0.2, 0.25) is 0 Å². The predicted molar refractivity (Wildman–Crippen MR) is 226 cm³/mol. The van der Waals surface area contributed by atoms with Gasteiger partial charge in [-0.2, -0.15) is 0 Å². The highest BCUT2D eigenvalue weighted by atomic mass is 32.2. The fraction of sp³-hybridized carbons (Fsp3) is 0.391. The van der Waals surface area contributed by atoms with Gasteiger partial charge in [0, 0.05) is 44.0 Å². The lowest BCUT2D eigenvalue weighted by Gasteiger charge is -2.48. The van der Waals surface area contributed by atoms with Crippen LogP contribution in [0.1, 0.15) is 38.8 Å². The van der Waals surface area contributed by atoms with E-state index >= 15 is 0 Å². The summed E-state index contributed by atoms with van der Waals surface area (Å²) in [6.07, 6.45) is -7.44. The van der Waals surface area contributed by atoms with Gasteiger partial charge in [-0.25, -0.2) is 0 Å². The fourth-order valence-corrected chi connectivity index (χ4v) is 8.31. The van der Waals surface area contributed by atoms with Crippen LogP contribution >= 0.6 is 11.8 Å². The summed E-state index contributed by atoms with van der Waals surface area (Å²) in [4.78, 5) is 51.1. The molecule has 14 nitrogen and oxygen atoms in total. The van der Waals surface area contributed by atoms with Crippen LogP contribution in [0.25, 0.3) is 0 Å². The van der Waals surface area contributed by atoms with Crippen molar-refractivity contribution in [2.45, 2.75) is 107 Å². The molecule has 0 bridgehead atoms. The molecular formula is C46H52N2O12S. The average molecular weight is 857 g/mol. The Bertz CT molecular complexity index is 2030. The molecule has 10 unspecified atom stereocenters. The van der Waals surface area contributed by atoms with Gasteiger partial charge in [-0.3, -0.25) is 19.2 Å². The Morgan fingerprint density at radius 3 is 1.62 bits per heavy atom. The van der Waals surface area contributed by atoms with E-state index in [1.807, 2.05) is 122 Å². The maximum atomic E-state index is 13.0. The minimum Gasteiger partial charge on any atom is -0.463 e. The van der Waals surface area contributed by atoms with Crippen molar-refractivity contribution in [1.82, 2.24) is 0 Å². The number of rotatable bonds is 17. The van der Waals surface area contributed by atoms with E-state index in [4.69, 9.17) is 37.9 Å². The van der Waals surface area contributed by atoms with Crippen LogP contribution in [0, 0.1) is 6.92 Å². The van der Waals surface area contributed by atoms with E-state index in [9.17, 15) is 19.2 Å². The van der Waals surface area contributed by atoms with Gasteiger partial charge in [-0.1, -0.05) is 96.2 Å². The summed E-state index contributed by atoms with van der Waals surface area (Å²) >= 11 is 1.45. The quantitative estimate of drug-likeness (QED) is 0.0877. The lowest BCUT2D eigenvalue weighted by molar-refractivity contribution is -0.283. The largest absolute Gasteiger partial charge is 0.463 e. The first-order chi connectivity index (χ1) is 29.4. The summed E-state index contributed by atoms with van der Waals surface area (Å²) in [6, 6.07) is 34.7. The summed E-state index contributed by atoms with van der Waals surface area (Å²) in [5.41, 5.74) is 2.71. The van der Waals surface area contributed by atoms with E-state index in [0.717, 1.165) is 21.7 Å². The molecule has 10 atom stereocenters. The van der Waals surface area contributed by atoms with E-state index in [2.05, 4.69) is 10.6 Å². The molecule has 15 heteroatoms.